The van der Waals surface area contributed by atoms with Crippen molar-refractivity contribution < 1.29 is 9.47 Å². The zero-order valence-corrected chi connectivity index (χ0v) is 13.6. The molecule has 0 radical (unpaired) electrons. The largest absolute Gasteiger partial charge is 0.491 e. The van der Waals surface area contributed by atoms with Crippen molar-refractivity contribution in [2.75, 3.05) is 6.61 Å². The first-order valence-electron chi connectivity index (χ1n) is 7.39. The third-order valence-corrected chi connectivity index (χ3v) is 3.16. The van der Waals surface area contributed by atoms with E-state index in [1.807, 2.05) is 45.0 Å². The summed E-state index contributed by atoms with van der Waals surface area (Å²) in [6, 6.07) is 7.87. The van der Waals surface area contributed by atoms with Crippen molar-refractivity contribution in [3.63, 3.8) is 0 Å². The highest BCUT2D eigenvalue weighted by atomic mass is 16.5. The van der Waals surface area contributed by atoms with Crippen LogP contribution in [0.1, 0.15) is 53.1 Å². The molecule has 2 N–H and O–H groups in total. The molecular weight excluding hydrogens is 250 g/mol. The highest BCUT2D eigenvalue weighted by molar-refractivity contribution is 5.30. The van der Waals surface area contributed by atoms with Gasteiger partial charge in [-0.25, -0.2) is 0 Å². The van der Waals surface area contributed by atoms with Crippen LogP contribution in [0.15, 0.2) is 24.3 Å². The van der Waals surface area contributed by atoms with Gasteiger partial charge in [-0.2, -0.15) is 0 Å². The minimum Gasteiger partial charge on any atom is -0.491 e. The molecule has 0 bridgehead atoms. The number of benzene rings is 1. The molecular formula is C17H29NO2. The summed E-state index contributed by atoms with van der Waals surface area (Å²) >= 11 is 0. The Morgan fingerprint density at radius 3 is 2.05 bits per heavy atom. The number of ether oxygens (including phenoxy) is 2. The second-order valence-electron chi connectivity index (χ2n) is 6.50. The van der Waals surface area contributed by atoms with Crippen LogP contribution in [0.5, 0.6) is 5.75 Å². The Hall–Kier alpha value is -1.06. The van der Waals surface area contributed by atoms with E-state index in [4.69, 9.17) is 15.2 Å². The lowest BCUT2D eigenvalue weighted by Gasteiger charge is -2.35. The molecule has 0 spiro atoms. The first kappa shape index (κ1) is 17.0. The van der Waals surface area contributed by atoms with Crippen LogP contribution in [0.2, 0.25) is 0 Å². The minimum absolute atomic E-state index is 0.00251. The van der Waals surface area contributed by atoms with E-state index < -0.39 is 0 Å². The van der Waals surface area contributed by atoms with Crippen molar-refractivity contribution in [1.29, 1.82) is 0 Å². The van der Waals surface area contributed by atoms with Crippen molar-refractivity contribution in [3.05, 3.63) is 29.8 Å². The van der Waals surface area contributed by atoms with Gasteiger partial charge >= 0.3 is 0 Å². The van der Waals surface area contributed by atoms with E-state index in [9.17, 15) is 0 Å². The third kappa shape index (κ3) is 4.80. The molecule has 2 atom stereocenters. The van der Waals surface area contributed by atoms with Crippen LogP contribution in [-0.2, 0) is 4.74 Å². The average Bonchev–Trinajstić information content (AvgIpc) is 2.34. The monoisotopic (exact) mass is 279 g/mol. The SMILES string of the molecule is CCOC(C(N)c1ccc(OC(C)C)cc1)C(C)(C)C. The van der Waals surface area contributed by atoms with Gasteiger partial charge in [-0.1, -0.05) is 32.9 Å². The molecule has 0 aliphatic heterocycles. The molecule has 20 heavy (non-hydrogen) atoms. The topological polar surface area (TPSA) is 44.5 Å². The van der Waals surface area contributed by atoms with E-state index in [1.165, 1.54) is 0 Å². The fourth-order valence-corrected chi connectivity index (χ4v) is 2.29. The second kappa shape index (κ2) is 7.09. The Morgan fingerprint density at radius 2 is 1.65 bits per heavy atom. The second-order valence-corrected chi connectivity index (χ2v) is 6.50. The molecule has 114 valence electrons. The minimum atomic E-state index is -0.136. The smallest absolute Gasteiger partial charge is 0.119 e. The van der Waals surface area contributed by atoms with Crippen molar-refractivity contribution in [3.8, 4) is 5.75 Å². The maximum Gasteiger partial charge on any atom is 0.119 e. The molecule has 0 fully saturated rings. The van der Waals surface area contributed by atoms with Crippen molar-refractivity contribution in [1.82, 2.24) is 0 Å². The molecule has 2 unspecified atom stereocenters. The van der Waals surface area contributed by atoms with Crippen molar-refractivity contribution in [2.24, 2.45) is 11.1 Å². The molecule has 0 aromatic heterocycles. The van der Waals surface area contributed by atoms with Crippen LogP contribution in [0.3, 0.4) is 0 Å². The zero-order valence-electron chi connectivity index (χ0n) is 13.6. The molecule has 0 saturated carbocycles. The van der Waals surface area contributed by atoms with Crippen LogP contribution in [0, 0.1) is 5.41 Å². The van der Waals surface area contributed by atoms with Gasteiger partial charge in [0.1, 0.15) is 5.75 Å². The van der Waals surface area contributed by atoms with Gasteiger partial charge in [-0.3, -0.25) is 0 Å². The van der Waals surface area contributed by atoms with E-state index in [-0.39, 0.29) is 23.7 Å². The summed E-state index contributed by atoms with van der Waals surface area (Å²) in [5.74, 6) is 0.875. The summed E-state index contributed by atoms with van der Waals surface area (Å²) in [5, 5.41) is 0. The van der Waals surface area contributed by atoms with Gasteiger partial charge in [0.25, 0.3) is 0 Å². The summed E-state index contributed by atoms with van der Waals surface area (Å²) in [6.07, 6.45) is 0.171. The average molecular weight is 279 g/mol. The summed E-state index contributed by atoms with van der Waals surface area (Å²) < 4.78 is 11.5. The number of nitrogens with two attached hydrogens (primary N) is 1. The molecule has 3 nitrogen and oxygen atoms in total. The maximum atomic E-state index is 6.40. The van der Waals surface area contributed by atoms with E-state index in [0.717, 1.165) is 11.3 Å². The standard InChI is InChI=1S/C17H29NO2/c1-7-19-16(17(4,5)6)15(18)13-8-10-14(11-9-13)20-12(2)3/h8-12,15-16H,7,18H2,1-6H3. The Labute approximate surface area is 123 Å². The van der Waals surface area contributed by atoms with Crippen LogP contribution < -0.4 is 10.5 Å². The lowest BCUT2D eigenvalue weighted by atomic mass is 9.82. The third-order valence-electron chi connectivity index (χ3n) is 3.16. The van der Waals surface area contributed by atoms with Gasteiger partial charge in [-0.05, 0) is 43.9 Å². The number of hydrogen-bond acceptors (Lipinski definition) is 3. The first-order chi connectivity index (χ1) is 9.25. The summed E-state index contributed by atoms with van der Waals surface area (Å²) in [5.41, 5.74) is 7.48. The molecule has 0 amide bonds. The highest BCUT2D eigenvalue weighted by Crippen LogP contribution is 2.32. The van der Waals surface area contributed by atoms with Crippen LogP contribution >= 0.6 is 0 Å². The Bertz CT molecular complexity index is 392. The first-order valence-corrected chi connectivity index (χ1v) is 7.39. The molecule has 1 aromatic rings. The number of hydrogen-bond donors (Lipinski definition) is 1. The van der Waals surface area contributed by atoms with Crippen molar-refractivity contribution in [2.45, 2.75) is 59.8 Å². The van der Waals surface area contributed by atoms with E-state index in [0.29, 0.717) is 6.61 Å². The predicted molar refractivity (Wildman–Crippen MR) is 84.0 cm³/mol. The summed E-state index contributed by atoms with van der Waals surface area (Å²) in [7, 11) is 0. The van der Waals surface area contributed by atoms with E-state index >= 15 is 0 Å². The zero-order chi connectivity index (χ0) is 15.3. The van der Waals surface area contributed by atoms with E-state index in [1.54, 1.807) is 0 Å². The Morgan fingerprint density at radius 1 is 1.10 bits per heavy atom. The van der Waals surface area contributed by atoms with Gasteiger partial charge in [-0.15, -0.1) is 0 Å². The number of rotatable bonds is 6. The lowest BCUT2D eigenvalue weighted by molar-refractivity contribution is -0.0283. The fraction of sp³-hybridized carbons (Fsp3) is 0.647. The molecule has 3 heteroatoms. The van der Waals surface area contributed by atoms with Gasteiger partial charge < -0.3 is 15.2 Å². The molecule has 1 rings (SSSR count). The molecule has 1 aromatic carbocycles. The van der Waals surface area contributed by atoms with Gasteiger partial charge in [0.05, 0.1) is 18.2 Å². The van der Waals surface area contributed by atoms with Crippen LogP contribution in [0.4, 0.5) is 0 Å². The highest BCUT2D eigenvalue weighted by Gasteiger charge is 2.31. The normalized spacial score (nSPS) is 15.2. The lowest BCUT2D eigenvalue weighted by Crippen LogP contribution is -2.39. The quantitative estimate of drug-likeness (QED) is 0.858. The summed E-state index contributed by atoms with van der Waals surface area (Å²) in [6.45, 7) is 13.2. The van der Waals surface area contributed by atoms with Crippen LogP contribution in [-0.4, -0.2) is 18.8 Å². The van der Waals surface area contributed by atoms with Gasteiger partial charge in [0.15, 0.2) is 0 Å². The fourth-order valence-electron chi connectivity index (χ4n) is 2.29. The molecule has 0 aliphatic rings. The van der Waals surface area contributed by atoms with Gasteiger partial charge in [0.2, 0.25) is 0 Å². The summed E-state index contributed by atoms with van der Waals surface area (Å²) in [4.78, 5) is 0. The predicted octanol–water partition coefficient (Wildman–Crippen LogP) is 3.92. The maximum absolute atomic E-state index is 6.40. The molecule has 0 heterocycles. The Kier molecular flexibility index (Phi) is 6.03. The van der Waals surface area contributed by atoms with Crippen molar-refractivity contribution >= 4 is 0 Å². The van der Waals surface area contributed by atoms with Crippen LogP contribution in [0.25, 0.3) is 0 Å². The van der Waals surface area contributed by atoms with Gasteiger partial charge in [0, 0.05) is 6.61 Å². The molecule has 0 aliphatic carbocycles. The molecule has 0 saturated heterocycles. The Balaban J connectivity index is 2.86. The van der Waals surface area contributed by atoms with E-state index in [2.05, 4.69) is 20.8 Å².